The highest BCUT2D eigenvalue weighted by atomic mass is 32.1. The van der Waals surface area contributed by atoms with E-state index in [1.165, 1.54) is 11.6 Å². The van der Waals surface area contributed by atoms with Crippen molar-refractivity contribution in [2.45, 2.75) is 19.5 Å². The van der Waals surface area contributed by atoms with Crippen LogP contribution in [0.25, 0.3) is 0 Å². The fourth-order valence-corrected chi connectivity index (χ4v) is 2.21. The lowest BCUT2D eigenvalue weighted by Crippen LogP contribution is -2.17. The van der Waals surface area contributed by atoms with Crippen molar-refractivity contribution in [3.8, 4) is 0 Å². The van der Waals surface area contributed by atoms with E-state index in [0.29, 0.717) is 12.3 Å². The van der Waals surface area contributed by atoms with Crippen LogP contribution < -0.4 is 5.32 Å². The maximum absolute atomic E-state index is 10.4. The highest BCUT2D eigenvalue weighted by Gasteiger charge is 2.12. The van der Waals surface area contributed by atoms with Gasteiger partial charge in [-0.3, -0.25) is 10.1 Å². The summed E-state index contributed by atoms with van der Waals surface area (Å²) < 4.78 is 5.05. The molecule has 0 aliphatic carbocycles. The lowest BCUT2D eigenvalue weighted by Gasteiger charge is -2.10. The summed E-state index contributed by atoms with van der Waals surface area (Å²) in [5.41, 5.74) is 1.20. The van der Waals surface area contributed by atoms with E-state index < -0.39 is 4.92 Å². The molecule has 0 radical (unpaired) electrons. The molecule has 5 nitrogen and oxygen atoms in total. The van der Waals surface area contributed by atoms with Crippen molar-refractivity contribution >= 4 is 17.2 Å². The van der Waals surface area contributed by atoms with E-state index in [-0.39, 0.29) is 11.9 Å². The number of nitro groups is 1. The Kier molecular flexibility index (Phi) is 3.55. The summed E-state index contributed by atoms with van der Waals surface area (Å²) in [6.45, 7) is 2.52. The Labute approximate surface area is 102 Å². The SMILES string of the molecule is CC(NCc1ccc([N+](=O)[O-])o1)c1ccsc1. The molecule has 0 spiro atoms. The van der Waals surface area contributed by atoms with Gasteiger partial charge in [0.15, 0.2) is 0 Å². The van der Waals surface area contributed by atoms with Gasteiger partial charge in [-0.1, -0.05) is 0 Å². The van der Waals surface area contributed by atoms with E-state index in [4.69, 9.17) is 4.42 Å². The molecule has 1 unspecified atom stereocenters. The second-order valence-electron chi connectivity index (χ2n) is 3.66. The van der Waals surface area contributed by atoms with Crippen LogP contribution in [0.3, 0.4) is 0 Å². The van der Waals surface area contributed by atoms with Crippen molar-refractivity contribution < 1.29 is 9.34 Å². The van der Waals surface area contributed by atoms with Crippen molar-refractivity contribution in [1.29, 1.82) is 0 Å². The molecule has 17 heavy (non-hydrogen) atoms. The molecule has 0 saturated carbocycles. The number of furan rings is 1. The second-order valence-corrected chi connectivity index (χ2v) is 4.44. The first-order chi connectivity index (χ1) is 8.16. The minimum atomic E-state index is -0.536. The zero-order chi connectivity index (χ0) is 12.3. The minimum Gasteiger partial charge on any atom is -0.404 e. The molecule has 6 heteroatoms. The maximum Gasteiger partial charge on any atom is 0.433 e. The summed E-state index contributed by atoms with van der Waals surface area (Å²) in [4.78, 5) is 9.90. The van der Waals surface area contributed by atoms with Crippen molar-refractivity contribution in [3.63, 3.8) is 0 Å². The number of nitrogens with zero attached hydrogens (tertiary/aromatic N) is 1. The smallest absolute Gasteiger partial charge is 0.404 e. The van der Waals surface area contributed by atoms with Crippen LogP contribution >= 0.6 is 11.3 Å². The molecule has 1 N–H and O–H groups in total. The van der Waals surface area contributed by atoms with Gasteiger partial charge < -0.3 is 9.73 Å². The van der Waals surface area contributed by atoms with Crippen molar-refractivity contribution in [2.75, 3.05) is 0 Å². The molecule has 0 fully saturated rings. The predicted octanol–water partition coefficient (Wildman–Crippen LogP) is 3.10. The Bertz CT molecular complexity index is 493. The van der Waals surface area contributed by atoms with Gasteiger partial charge >= 0.3 is 5.88 Å². The standard InChI is InChI=1S/C11H12N2O3S/c1-8(9-4-5-17-7-9)12-6-10-2-3-11(16-10)13(14)15/h2-5,7-8,12H,6H2,1H3. The molecule has 0 aliphatic rings. The molecular weight excluding hydrogens is 240 g/mol. The number of hydrogen-bond acceptors (Lipinski definition) is 5. The Hall–Kier alpha value is -1.66. The van der Waals surface area contributed by atoms with E-state index in [0.717, 1.165) is 0 Å². The molecule has 2 rings (SSSR count). The van der Waals surface area contributed by atoms with Crippen molar-refractivity contribution in [2.24, 2.45) is 0 Å². The highest BCUT2D eigenvalue weighted by Crippen LogP contribution is 2.18. The maximum atomic E-state index is 10.4. The Balaban J connectivity index is 1.91. The number of thiophene rings is 1. The van der Waals surface area contributed by atoms with Crippen LogP contribution in [-0.2, 0) is 6.54 Å². The zero-order valence-electron chi connectivity index (χ0n) is 9.25. The van der Waals surface area contributed by atoms with Crippen molar-refractivity contribution in [1.82, 2.24) is 5.32 Å². The molecule has 2 heterocycles. The minimum absolute atomic E-state index is 0.199. The first-order valence-electron chi connectivity index (χ1n) is 5.15. The van der Waals surface area contributed by atoms with Gasteiger partial charge in [0.2, 0.25) is 0 Å². The number of nitrogens with one attached hydrogen (secondary N) is 1. The third-order valence-electron chi connectivity index (χ3n) is 2.45. The average Bonchev–Trinajstić information content (AvgIpc) is 2.97. The lowest BCUT2D eigenvalue weighted by atomic mass is 10.2. The Morgan fingerprint density at radius 2 is 2.35 bits per heavy atom. The molecule has 0 saturated heterocycles. The van der Waals surface area contributed by atoms with Crippen LogP contribution in [0.5, 0.6) is 0 Å². The van der Waals surface area contributed by atoms with E-state index in [1.54, 1.807) is 17.4 Å². The topological polar surface area (TPSA) is 68.3 Å². The van der Waals surface area contributed by atoms with E-state index in [9.17, 15) is 10.1 Å². The largest absolute Gasteiger partial charge is 0.433 e. The Morgan fingerprint density at radius 1 is 1.53 bits per heavy atom. The summed E-state index contributed by atoms with van der Waals surface area (Å²) in [5.74, 6) is 0.351. The van der Waals surface area contributed by atoms with Crippen LogP contribution in [0.4, 0.5) is 5.88 Å². The normalized spacial score (nSPS) is 12.5. The van der Waals surface area contributed by atoms with Crippen LogP contribution in [0.1, 0.15) is 24.3 Å². The molecule has 2 aromatic rings. The fourth-order valence-electron chi connectivity index (χ4n) is 1.45. The summed E-state index contributed by atoms with van der Waals surface area (Å²) in [7, 11) is 0. The summed E-state index contributed by atoms with van der Waals surface area (Å²) >= 11 is 1.64. The monoisotopic (exact) mass is 252 g/mol. The molecule has 2 aromatic heterocycles. The molecule has 0 amide bonds. The molecule has 1 atom stereocenters. The molecular formula is C11H12N2O3S. The fraction of sp³-hybridized carbons (Fsp3) is 0.273. The third kappa shape index (κ3) is 2.92. The van der Waals surface area contributed by atoms with Crippen LogP contribution in [0.2, 0.25) is 0 Å². The van der Waals surface area contributed by atoms with Gasteiger partial charge in [-0.15, -0.1) is 0 Å². The van der Waals surface area contributed by atoms with E-state index in [2.05, 4.69) is 10.7 Å². The molecule has 0 aromatic carbocycles. The zero-order valence-corrected chi connectivity index (χ0v) is 10.1. The van der Waals surface area contributed by atoms with E-state index in [1.807, 2.05) is 18.4 Å². The first kappa shape index (κ1) is 11.8. The van der Waals surface area contributed by atoms with Gasteiger partial charge in [0.25, 0.3) is 0 Å². The predicted molar refractivity (Wildman–Crippen MR) is 64.9 cm³/mol. The number of hydrogen-bond donors (Lipinski definition) is 1. The van der Waals surface area contributed by atoms with Gasteiger partial charge in [0, 0.05) is 6.04 Å². The van der Waals surface area contributed by atoms with Gasteiger partial charge in [-0.05, 0) is 35.4 Å². The van der Waals surface area contributed by atoms with Crippen molar-refractivity contribution in [3.05, 3.63) is 50.4 Å². The van der Waals surface area contributed by atoms with Gasteiger partial charge in [-0.2, -0.15) is 11.3 Å². The summed E-state index contributed by atoms with van der Waals surface area (Å²) in [6.07, 6.45) is 0. The summed E-state index contributed by atoms with van der Waals surface area (Å²) in [5, 5.41) is 17.8. The summed E-state index contributed by atoms with van der Waals surface area (Å²) in [6, 6.07) is 5.23. The van der Waals surface area contributed by atoms with Crippen LogP contribution in [-0.4, -0.2) is 4.92 Å². The molecule has 0 aliphatic heterocycles. The quantitative estimate of drug-likeness (QED) is 0.655. The highest BCUT2D eigenvalue weighted by molar-refractivity contribution is 7.07. The van der Waals surface area contributed by atoms with Gasteiger partial charge in [-0.25, -0.2) is 0 Å². The lowest BCUT2D eigenvalue weighted by molar-refractivity contribution is -0.402. The Morgan fingerprint density at radius 3 is 2.94 bits per heavy atom. The number of rotatable bonds is 5. The van der Waals surface area contributed by atoms with Gasteiger partial charge in [0.1, 0.15) is 10.7 Å². The third-order valence-corrected chi connectivity index (χ3v) is 3.15. The van der Waals surface area contributed by atoms with Gasteiger partial charge in [0.05, 0.1) is 12.6 Å². The van der Waals surface area contributed by atoms with E-state index >= 15 is 0 Å². The first-order valence-corrected chi connectivity index (χ1v) is 6.09. The second kappa shape index (κ2) is 5.11. The molecule has 90 valence electrons. The average molecular weight is 252 g/mol. The van der Waals surface area contributed by atoms with Crippen LogP contribution in [0.15, 0.2) is 33.4 Å². The molecule has 0 bridgehead atoms. The van der Waals surface area contributed by atoms with Crippen LogP contribution in [0, 0.1) is 10.1 Å².